The first-order valence-electron chi connectivity index (χ1n) is 8.49. The van der Waals surface area contributed by atoms with Crippen molar-refractivity contribution in [2.24, 2.45) is 0 Å². The Morgan fingerprint density at radius 1 is 1.07 bits per heavy atom. The summed E-state index contributed by atoms with van der Waals surface area (Å²) in [7, 11) is 0. The minimum Gasteiger partial charge on any atom is -0.456 e. The van der Waals surface area contributed by atoms with E-state index in [0.717, 1.165) is 28.9 Å². The molecule has 2 aromatic carbocycles. The van der Waals surface area contributed by atoms with Crippen molar-refractivity contribution >= 4 is 5.97 Å². The van der Waals surface area contributed by atoms with E-state index in [1.54, 1.807) is 6.92 Å². The molecule has 0 spiro atoms. The number of hydrogen-bond acceptors (Lipinski definition) is 4. The molecule has 0 aliphatic heterocycles. The van der Waals surface area contributed by atoms with Gasteiger partial charge < -0.3 is 4.74 Å². The number of rotatable bonds is 4. The summed E-state index contributed by atoms with van der Waals surface area (Å²) in [5.41, 5.74) is 2.79. The van der Waals surface area contributed by atoms with Crippen LogP contribution in [0.15, 0.2) is 42.5 Å². The van der Waals surface area contributed by atoms with Crippen molar-refractivity contribution in [1.29, 1.82) is 0 Å². The lowest BCUT2D eigenvalue weighted by atomic mass is 10.1. The van der Waals surface area contributed by atoms with Crippen LogP contribution in [0.3, 0.4) is 0 Å². The Hall–Kier alpha value is -3.16. The normalized spacial score (nSPS) is 11.5. The predicted molar refractivity (Wildman–Crippen MR) is 96.1 cm³/mol. The van der Waals surface area contributed by atoms with Crippen molar-refractivity contribution < 1.29 is 22.7 Å². The summed E-state index contributed by atoms with van der Waals surface area (Å²) < 4.78 is 45.0. The fourth-order valence-electron chi connectivity index (χ4n) is 2.89. The molecule has 0 unspecified atom stereocenters. The molecular weight excluding hydrogens is 371 g/mol. The molecule has 0 bridgehead atoms. The second kappa shape index (κ2) is 7.46. The molecule has 0 saturated carbocycles. The van der Waals surface area contributed by atoms with E-state index in [-0.39, 0.29) is 17.9 Å². The molecule has 0 saturated heterocycles. The van der Waals surface area contributed by atoms with Crippen LogP contribution in [0, 0.1) is 20.8 Å². The zero-order valence-corrected chi connectivity index (χ0v) is 15.5. The van der Waals surface area contributed by atoms with Crippen LogP contribution < -0.4 is 0 Å². The van der Waals surface area contributed by atoms with E-state index in [4.69, 9.17) is 4.74 Å². The molecule has 146 valence electrons. The lowest BCUT2D eigenvalue weighted by molar-refractivity contribution is -0.137. The van der Waals surface area contributed by atoms with E-state index in [2.05, 4.69) is 10.3 Å². The van der Waals surface area contributed by atoms with Gasteiger partial charge in [0.1, 0.15) is 6.61 Å². The number of alkyl halides is 3. The summed E-state index contributed by atoms with van der Waals surface area (Å²) in [4.78, 5) is 12.3. The lowest BCUT2D eigenvalue weighted by Crippen LogP contribution is -2.10. The molecule has 0 radical (unpaired) electrons. The Morgan fingerprint density at radius 2 is 1.75 bits per heavy atom. The van der Waals surface area contributed by atoms with Crippen LogP contribution >= 0.6 is 0 Å². The molecule has 0 N–H and O–H groups in total. The Labute approximate surface area is 159 Å². The van der Waals surface area contributed by atoms with Gasteiger partial charge in [-0.05, 0) is 61.7 Å². The van der Waals surface area contributed by atoms with Crippen LogP contribution in [0.4, 0.5) is 13.2 Å². The molecule has 1 aromatic heterocycles. The van der Waals surface area contributed by atoms with E-state index in [1.165, 1.54) is 16.8 Å². The Bertz CT molecular complexity index is 1010. The second-order valence-electron chi connectivity index (χ2n) is 6.56. The predicted octanol–water partition coefficient (Wildman–Crippen LogP) is 4.57. The van der Waals surface area contributed by atoms with Crippen LogP contribution in [0.1, 0.15) is 38.4 Å². The summed E-state index contributed by atoms with van der Waals surface area (Å²) >= 11 is 0. The first-order chi connectivity index (χ1) is 13.1. The van der Waals surface area contributed by atoms with Crippen molar-refractivity contribution in [3.8, 4) is 5.69 Å². The molecule has 1 heterocycles. The van der Waals surface area contributed by atoms with Crippen LogP contribution in [-0.2, 0) is 17.5 Å². The number of benzene rings is 2. The molecule has 0 fully saturated rings. The second-order valence-corrected chi connectivity index (χ2v) is 6.56. The highest BCUT2D eigenvalue weighted by atomic mass is 19.4. The molecule has 0 aliphatic rings. The fourth-order valence-corrected chi connectivity index (χ4v) is 2.89. The maximum absolute atomic E-state index is 12.8. The van der Waals surface area contributed by atoms with Crippen molar-refractivity contribution in [2.45, 2.75) is 33.6 Å². The smallest absolute Gasteiger partial charge is 0.416 e. The molecule has 0 atom stereocenters. The molecule has 8 heteroatoms. The van der Waals surface area contributed by atoms with E-state index >= 15 is 0 Å². The molecule has 5 nitrogen and oxygen atoms in total. The zero-order valence-electron chi connectivity index (χ0n) is 15.5. The van der Waals surface area contributed by atoms with Crippen LogP contribution in [0.5, 0.6) is 0 Å². The lowest BCUT2D eigenvalue weighted by Gasteiger charge is -2.09. The minimum absolute atomic E-state index is 0.0196. The van der Waals surface area contributed by atoms with Gasteiger partial charge in [-0.3, -0.25) is 0 Å². The summed E-state index contributed by atoms with van der Waals surface area (Å²) in [6, 6.07) is 10.5. The van der Waals surface area contributed by atoms with Crippen molar-refractivity contribution in [1.82, 2.24) is 15.0 Å². The number of aryl methyl sites for hydroxylation is 2. The van der Waals surface area contributed by atoms with Gasteiger partial charge in [-0.2, -0.15) is 13.2 Å². The highest BCUT2D eigenvalue weighted by Crippen LogP contribution is 2.29. The van der Waals surface area contributed by atoms with Crippen molar-refractivity contribution in [3.63, 3.8) is 0 Å². The maximum atomic E-state index is 12.8. The fraction of sp³-hybridized carbons (Fsp3) is 0.250. The largest absolute Gasteiger partial charge is 0.456 e. The van der Waals surface area contributed by atoms with E-state index in [0.29, 0.717) is 5.69 Å². The third-order valence-electron chi connectivity index (χ3n) is 4.16. The van der Waals surface area contributed by atoms with Crippen LogP contribution in [-0.4, -0.2) is 21.0 Å². The molecule has 0 amide bonds. The summed E-state index contributed by atoms with van der Waals surface area (Å²) in [5.74, 6) is -0.745. The number of carbonyl (C=O) groups excluding carboxylic acids is 1. The van der Waals surface area contributed by atoms with Gasteiger partial charge in [-0.1, -0.05) is 23.4 Å². The van der Waals surface area contributed by atoms with E-state index < -0.39 is 17.7 Å². The molecule has 0 aliphatic carbocycles. The van der Waals surface area contributed by atoms with Gasteiger partial charge >= 0.3 is 12.1 Å². The number of halogens is 3. The highest BCUT2D eigenvalue weighted by Gasteiger charge is 2.30. The van der Waals surface area contributed by atoms with Crippen molar-refractivity contribution in [2.75, 3.05) is 0 Å². The summed E-state index contributed by atoms with van der Waals surface area (Å²) in [6.45, 7) is 5.29. The SMILES string of the molecule is Cc1cc(C)cc(-n2nnc(C(=O)OCc3cccc(C(F)(F)F)c3)c2C)c1. The monoisotopic (exact) mass is 389 g/mol. The Balaban J connectivity index is 1.77. The van der Waals surface area contributed by atoms with E-state index in [9.17, 15) is 18.0 Å². The average Bonchev–Trinajstić information content (AvgIpc) is 3.00. The quantitative estimate of drug-likeness (QED) is 0.614. The first kappa shape index (κ1) is 19.6. The number of carbonyl (C=O) groups is 1. The van der Waals surface area contributed by atoms with Crippen molar-refractivity contribution in [3.05, 3.63) is 76.1 Å². The molecule has 3 rings (SSSR count). The standard InChI is InChI=1S/C20H18F3N3O2/c1-12-7-13(2)9-17(8-12)26-14(3)18(24-25-26)19(27)28-11-15-5-4-6-16(10-15)20(21,22)23/h4-10H,11H2,1-3H3. The first-order valence-corrected chi connectivity index (χ1v) is 8.49. The average molecular weight is 389 g/mol. The van der Waals surface area contributed by atoms with Gasteiger partial charge in [0.2, 0.25) is 0 Å². The Kier molecular flexibility index (Phi) is 5.22. The molecule has 3 aromatic rings. The van der Waals surface area contributed by atoms with Gasteiger partial charge in [-0.15, -0.1) is 5.10 Å². The van der Waals surface area contributed by atoms with E-state index in [1.807, 2.05) is 32.0 Å². The van der Waals surface area contributed by atoms with Gasteiger partial charge in [0.05, 0.1) is 16.9 Å². The molecular formula is C20H18F3N3O2. The number of hydrogen-bond donors (Lipinski definition) is 0. The number of nitrogens with zero attached hydrogens (tertiary/aromatic N) is 3. The van der Waals surface area contributed by atoms with Gasteiger partial charge in [0.15, 0.2) is 5.69 Å². The van der Waals surface area contributed by atoms with Gasteiger partial charge in [0.25, 0.3) is 0 Å². The minimum atomic E-state index is -4.45. The molecule has 28 heavy (non-hydrogen) atoms. The maximum Gasteiger partial charge on any atom is 0.416 e. The number of aromatic nitrogens is 3. The number of ether oxygens (including phenoxy) is 1. The Morgan fingerprint density at radius 3 is 2.39 bits per heavy atom. The van der Waals surface area contributed by atoms with Crippen LogP contribution in [0.25, 0.3) is 5.69 Å². The van der Waals surface area contributed by atoms with Gasteiger partial charge in [-0.25, -0.2) is 9.48 Å². The highest BCUT2D eigenvalue weighted by molar-refractivity contribution is 5.88. The summed E-state index contributed by atoms with van der Waals surface area (Å²) in [6.07, 6.45) is -4.45. The van der Waals surface area contributed by atoms with Gasteiger partial charge in [0, 0.05) is 0 Å². The zero-order chi connectivity index (χ0) is 20.5. The van der Waals surface area contributed by atoms with Crippen LogP contribution in [0.2, 0.25) is 0 Å². The topological polar surface area (TPSA) is 57.0 Å². The third-order valence-corrected chi connectivity index (χ3v) is 4.16. The summed E-state index contributed by atoms with van der Waals surface area (Å²) in [5, 5.41) is 7.89. The third kappa shape index (κ3) is 4.21. The number of esters is 1.